The van der Waals surface area contributed by atoms with Gasteiger partial charge in [0.1, 0.15) is 0 Å². The van der Waals surface area contributed by atoms with E-state index in [4.69, 9.17) is 0 Å². The molecule has 4 rings (SSSR count). The second kappa shape index (κ2) is 9.49. The van der Waals surface area contributed by atoms with Gasteiger partial charge in [0.05, 0.1) is 17.8 Å². The molecule has 0 radical (unpaired) electrons. The number of halogens is 3. The topological polar surface area (TPSA) is 80.4 Å². The molecule has 8 nitrogen and oxygen atoms in total. The molecule has 0 saturated carbocycles. The number of alkyl halides is 3. The minimum absolute atomic E-state index is 0.0963. The molecule has 0 atom stereocenters. The van der Waals surface area contributed by atoms with Crippen LogP contribution in [0.5, 0.6) is 0 Å². The Labute approximate surface area is 198 Å². The van der Waals surface area contributed by atoms with Gasteiger partial charge in [-0.1, -0.05) is 24.3 Å². The molecule has 0 N–H and O–H groups in total. The molecular formula is C24H24F3N5O3. The molecule has 2 heterocycles. The maximum atomic E-state index is 13.3. The van der Waals surface area contributed by atoms with E-state index in [0.717, 1.165) is 26.9 Å². The zero-order valence-electron chi connectivity index (χ0n) is 19.2. The van der Waals surface area contributed by atoms with Crippen LogP contribution in [0.4, 0.5) is 13.2 Å². The van der Waals surface area contributed by atoms with Gasteiger partial charge in [-0.25, -0.2) is 4.79 Å². The first kappa shape index (κ1) is 24.4. The number of carbonyl (C=O) groups excluding carboxylic acids is 1. The predicted molar refractivity (Wildman–Crippen MR) is 123 cm³/mol. The molecule has 0 aliphatic carbocycles. The third-order valence-corrected chi connectivity index (χ3v) is 5.89. The molecule has 1 amide bonds. The number of aromatic nitrogens is 3. The first-order chi connectivity index (χ1) is 16.5. The lowest BCUT2D eigenvalue weighted by molar-refractivity contribution is -0.137. The van der Waals surface area contributed by atoms with Crippen molar-refractivity contribution in [1.29, 1.82) is 0 Å². The summed E-state index contributed by atoms with van der Waals surface area (Å²) in [6.07, 6.45) is -4.58. The SMILES string of the molecule is Cc1cccc(-n2nc(C(=O)N3CCN(C)CC3)c(=O)n(Cc3cccc(C(F)(F)F)c3)c2=O)c1. The standard InChI is InChI=1S/C24H24F3N5O3/c1-16-5-3-8-19(13-16)32-23(35)31(15-17-6-4-7-18(14-17)24(25,26)27)22(34)20(28-32)21(33)30-11-9-29(2)10-12-30/h3-8,13-14H,9-12,15H2,1-2H3. The molecule has 11 heteroatoms. The summed E-state index contributed by atoms with van der Waals surface area (Å²) in [5.74, 6) is -0.623. The van der Waals surface area contributed by atoms with E-state index >= 15 is 0 Å². The van der Waals surface area contributed by atoms with E-state index < -0.39 is 41.1 Å². The summed E-state index contributed by atoms with van der Waals surface area (Å²) in [7, 11) is 1.92. The van der Waals surface area contributed by atoms with Gasteiger partial charge in [0.15, 0.2) is 0 Å². The fraction of sp³-hybridized carbons (Fsp3) is 0.333. The van der Waals surface area contributed by atoms with Gasteiger partial charge in [0.2, 0.25) is 5.69 Å². The molecule has 35 heavy (non-hydrogen) atoms. The quantitative estimate of drug-likeness (QED) is 0.564. The summed E-state index contributed by atoms with van der Waals surface area (Å²) in [4.78, 5) is 43.3. The number of aryl methyl sites for hydroxylation is 1. The Morgan fingerprint density at radius 1 is 1.00 bits per heavy atom. The lowest BCUT2D eigenvalue weighted by atomic mass is 10.1. The number of hydrogen-bond acceptors (Lipinski definition) is 5. The van der Waals surface area contributed by atoms with Crippen molar-refractivity contribution in [2.24, 2.45) is 0 Å². The van der Waals surface area contributed by atoms with Gasteiger partial charge in [-0.15, -0.1) is 0 Å². The zero-order valence-corrected chi connectivity index (χ0v) is 19.2. The Morgan fingerprint density at radius 2 is 1.69 bits per heavy atom. The van der Waals surface area contributed by atoms with Gasteiger partial charge in [-0.2, -0.15) is 23.0 Å². The number of carbonyl (C=O) groups is 1. The van der Waals surface area contributed by atoms with Crippen molar-refractivity contribution in [2.75, 3.05) is 33.2 Å². The van der Waals surface area contributed by atoms with Crippen molar-refractivity contribution in [2.45, 2.75) is 19.6 Å². The summed E-state index contributed by atoms with van der Waals surface area (Å²) in [6.45, 7) is 3.35. The molecular weight excluding hydrogens is 463 g/mol. The molecule has 1 aliphatic rings. The van der Waals surface area contributed by atoms with E-state index in [0.29, 0.717) is 31.9 Å². The Hall–Kier alpha value is -3.73. The zero-order chi connectivity index (χ0) is 25.3. The molecule has 0 unspecified atom stereocenters. The molecule has 1 aliphatic heterocycles. The molecule has 1 fully saturated rings. The van der Waals surface area contributed by atoms with Gasteiger partial charge >= 0.3 is 11.9 Å². The van der Waals surface area contributed by atoms with E-state index in [1.807, 2.05) is 24.9 Å². The molecule has 1 saturated heterocycles. The van der Waals surface area contributed by atoms with E-state index in [1.165, 1.54) is 17.0 Å². The van der Waals surface area contributed by atoms with Gasteiger partial charge in [0, 0.05) is 26.2 Å². The largest absolute Gasteiger partial charge is 0.416 e. The summed E-state index contributed by atoms with van der Waals surface area (Å²) in [5.41, 5.74) is -1.90. The van der Waals surface area contributed by atoms with Crippen LogP contribution in [0.25, 0.3) is 5.69 Å². The summed E-state index contributed by atoms with van der Waals surface area (Å²) in [5, 5.41) is 4.12. The van der Waals surface area contributed by atoms with E-state index in [-0.39, 0.29) is 5.56 Å². The van der Waals surface area contributed by atoms with Crippen LogP contribution in [0.1, 0.15) is 27.2 Å². The highest BCUT2D eigenvalue weighted by atomic mass is 19.4. The van der Waals surface area contributed by atoms with Crippen LogP contribution in [0.2, 0.25) is 0 Å². The van der Waals surface area contributed by atoms with Crippen LogP contribution in [0.3, 0.4) is 0 Å². The van der Waals surface area contributed by atoms with Gasteiger partial charge in [-0.05, 0) is 49.4 Å². The number of hydrogen-bond donors (Lipinski definition) is 0. The Morgan fingerprint density at radius 3 is 2.34 bits per heavy atom. The van der Waals surface area contributed by atoms with E-state index in [1.54, 1.807) is 18.2 Å². The minimum atomic E-state index is -4.58. The molecule has 1 aromatic heterocycles. The molecule has 0 spiro atoms. The van der Waals surface area contributed by atoms with Crippen LogP contribution in [0, 0.1) is 6.92 Å². The number of nitrogens with zero attached hydrogens (tertiary/aromatic N) is 5. The number of rotatable bonds is 4. The van der Waals surface area contributed by atoms with Crippen LogP contribution >= 0.6 is 0 Å². The fourth-order valence-electron chi connectivity index (χ4n) is 3.90. The first-order valence-electron chi connectivity index (χ1n) is 11.0. The van der Waals surface area contributed by atoms with Crippen LogP contribution in [0.15, 0.2) is 58.1 Å². The number of piperazine rings is 1. The highest BCUT2D eigenvalue weighted by Gasteiger charge is 2.31. The average Bonchev–Trinajstić information content (AvgIpc) is 2.81. The van der Waals surface area contributed by atoms with E-state index in [9.17, 15) is 27.6 Å². The van der Waals surface area contributed by atoms with Crippen molar-refractivity contribution < 1.29 is 18.0 Å². The molecule has 2 aromatic carbocycles. The summed E-state index contributed by atoms with van der Waals surface area (Å²) >= 11 is 0. The van der Waals surface area contributed by atoms with Crippen molar-refractivity contribution in [3.63, 3.8) is 0 Å². The number of amides is 1. The smallest absolute Gasteiger partial charge is 0.335 e. The van der Waals surface area contributed by atoms with Crippen molar-refractivity contribution >= 4 is 5.91 Å². The molecule has 3 aromatic rings. The Balaban J connectivity index is 1.85. The number of benzene rings is 2. The van der Waals surface area contributed by atoms with Gasteiger partial charge in [0.25, 0.3) is 11.5 Å². The molecule has 0 bridgehead atoms. The van der Waals surface area contributed by atoms with E-state index in [2.05, 4.69) is 5.10 Å². The second-order valence-electron chi connectivity index (χ2n) is 8.57. The highest BCUT2D eigenvalue weighted by molar-refractivity contribution is 5.92. The summed E-state index contributed by atoms with van der Waals surface area (Å²) < 4.78 is 41.3. The van der Waals surface area contributed by atoms with Gasteiger partial charge < -0.3 is 9.80 Å². The van der Waals surface area contributed by atoms with Crippen molar-refractivity contribution in [1.82, 2.24) is 24.1 Å². The van der Waals surface area contributed by atoms with Crippen LogP contribution in [-0.2, 0) is 12.7 Å². The lowest BCUT2D eigenvalue weighted by Gasteiger charge is -2.32. The van der Waals surface area contributed by atoms with Crippen LogP contribution in [-0.4, -0.2) is 63.3 Å². The first-order valence-corrected chi connectivity index (χ1v) is 11.0. The normalized spacial score (nSPS) is 14.8. The molecule has 184 valence electrons. The Kier molecular flexibility index (Phi) is 6.62. The third-order valence-electron chi connectivity index (χ3n) is 5.89. The summed E-state index contributed by atoms with van der Waals surface area (Å²) in [6, 6.07) is 11.2. The maximum Gasteiger partial charge on any atom is 0.416 e. The average molecular weight is 487 g/mol. The van der Waals surface area contributed by atoms with Gasteiger partial charge in [-0.3, -0.25) is 14.2 Å². The Bertz CT molecular complexity index is 1370. The fourth-order valence-corrected chi connectivity index (χ4v) is 3.90. The van der Waals surface area contributed by atoms with Crippen molar-refractivity contribution in [3.8, 4) is 5.69 Å². The van der Waals surface area contributed by atoms with Crippen molar-refractivity contribution in [3.05, 3.63) is 91.8 Å². The van der Waals surface area contributed by atoms with Crippen LogP contribution < -0.4 is 11.2 Å². The number of likely N-dealkylation sites (N-methyl/N-ethyl adjacent to an activating group) is 1. The second-order valence-corrected chi connectivity index (χ2v) is 8.57. The highest BCUT2D eigenvalue weighted by Crippen LogP contribution is 2.29. The third kappa shape index (κ3) is 5.19. The minimum Gasteiger partial charge on any atom is -0.335 e. The lowest BCUT2D eigenvalue weighted by Crippen LogP contribution is -2.51. The maximum absolute atomic E-state index is 13.3. The monoisotopic (exact) mass is 487 g/mol. The predicted octanol–water partition coefficient (Wildman–Crippen LogP) is 2.16.